The largest absolute Gasteiger partial charge is 0.418 e. The first-order chi connectivity index (χ1) is 15.2. The summed E-state index contributed by atoms with van der Waals surface area (Å²) in [5.74, 6) is -2.93. The molecule has 3 heterocycles. The van der Waals surface area contributed by atoms with Gasteiger partial charge in [0.1, 0.15) is 5.25 Å². The minimum absolute atomic E-state index is 0.305. The zero-order valence-corrected chi connectivity index (χ0v) is 18.1. The Morgan fingerprint density at radius 3 is 2.38 bits per heavy atom. The molecule has 2 aliphatic heterocycles. The number of para-hydroxylation sites is 1. The van der Waals surface area contributed by atoms with Gasteiger partial charge in [-0.25, -0.2) is 4.90 Å². The number of H-pyrrole nitrogens is 1. The molecule has 3 aromatic rings. The predicted octanol–water partition coefficient (Wildman–Crippen LogP) is 4.56. The van der Waals surface area contributed by atoms with E-state index in [2.05, 4.69) is 4.98 Å². The maximum absolute atomic E-state index is 13.6. The zero-order chi connectivity index (χ0) is 22.8. The van der Waals surface area contributed by atoms with Crippen molar-refractivity contribution in [1.29, 1.82) is 0 Å². The van der Waals surface area contributed by atoms with Crippen LogP contribution in [0.5, 0.6) is 0 Å². The lowest BCUT2D eigenvalue weighted by molar-refractivity contribution is -0.137. The molecular weight excluding hydrogens is 461 g/mol. The van der Waals surface area contributed by atoms with Crippen molar-refractivity contribution in [2.75, 3.05) is 4.90 Å². The summed E-state index contributed by atoms with van der Waals surface area (Å²) in [5.41, 5.74) is 0.127. The molecular formula is C22H15F3N2O3S2. The maximum atomic E-state index is 13.6. The van der Waals surface area contributed by atoms with E-state index >= 15 is 0 Å². The number of carbonyl (C=O) groups excluding carboxylic acids is 2. The van der Waals surface area contributed by atoms with Crippen LogP contribution in [0.25, 0.3) is 0 Å². The van der Waals surface area contributed by atoms with E-state index in [-0.39, 0.29) is 4.87 Å². The van der Waals surface area contributed by atoms with Gasteiger partial charge < -0.3 is 4.98 Å². The topological polar surface area (TPSA) is 70.2 Å². The molecule has 2 aliphatic rings. The Balaban J connectivity index is 1.69. The van der Waals surface area contributed by atoms with Gasteiger partial charge in [0, 0.05) is 10.8 Å². The van der Waals surface area contributed by atoms with Gasteiger partial charge in [-0.05, 0) is 30.2 Å². The molecule has 1 fully saturated rings. The Labute approximate surface area is 188 Å². The van der Waals surface area contributed by atoms with Crippen LogP contribution in [0.4, 0.5) is 18.9 Å². The molecule has 1 saturated heterocycles. The Hall–Kier alpha value is -2.85. The van der Waals surface area contributed by atoms with Crippen molar-refractivity contribution < 1.29 is 22.8 Å². The first-order valence-electron chi connectivity index (χ1n) is 9.67. The molecule has 3 atom stereocenters. The third-order valence-corrected chi connectivity index (χ3v) is 8.20. The van der Waals surface area contributed by atoms with Crippen molar-refractivity contribution in [2.45, 2.75) is 29.3 Å². The van der Waals surface area contributed by atoms with Crippen LogP contribution in [-0.2, 0) is 15.8 Å². The summed E-state index contributed by atoms with van der Waals surface area (Å²) in [6, 6.07) is 11.9. The molecule has 0 aliphatic carbocycles. The fourth-order valence-electron chi connectivity index (χ4n) is 4.43. The predicted molar refractivity (Wildman–Crippen MR) is 115 cm³/mol. The van der Waals surface area contributed by atoms with Crippen molar-refractivity contribution in [3.63, 3.8) is 0 Å². The number of benzene rings is 2. The average molecular weight is 477 g/mol. The number of amides is 2. The van der Waals surface area contributed by atoms with Gasteiger partial charge in [-0.2, -0.15) is 13.2 Å². The third kappa shape index (κ3) is 3.12. The minimum Gasteiger partial charge on any atom is -0.307 e. The highest BCUT2D eigenvalue weighted by atomic mass is 32.2. The Bertz CT molecular complexity index is 1310. The van der Waals surface area contributed by atoms with Crippen LogP contribution in [0.3, 0.4) is 0 Å². The van der Waals surface area contributed by atoms with Gasteiger partial charge in [-0.1, -0.05) is 59.5 Å². The van der Waals surface area contributed by atoms with E-state index < -0.39 is 46.3 Å². The number of thiazole rings is 1. The molecule has 5 nitrogen and oxygen atoms in total. The number of rotatable bonds is 2. The SMILES string of the molecule is Cc1ccccc1[C@@H]1c2sc(=O)[nH]c2S[C@H]2C(=O)N(c3ccccc3C(F)(F)F)C(=O)[C@@H]12. The van der Waals surface area contributed by atoms with Gasteiger partial charge in [0.05, 0.1) is 22.2 Å². The molecule has 1 N–H and O–H groups in total. The Morgan fingerprint density at radius 2 is 1.66 bits per heavy atom. The van der Waals surface area contributed by atoms with Gasteiger partial charge in [-0.3, -0.25) is 14.4 Å². The molecule has 0 radical (unpaired) electrons. The summed E-state index contributed by atoms with van der Waals surface area (Å²) in [5, 5.41) is -0.451. The van der Waals surface area contributed by atoms with E-state index in [0.29, 0.717) is 14.8 Å². The molecule has 0 saturated carbocycles. The minimum atomic E-state index is -4.72. The summed E-state index contributed by atoms with van der Waals surface area (Å²) < 4.78 is 40.9. The van der Waals surface area contributed by atoms with Crippen LogP contribution in [0.2, 0.25) is 0 Å². The Kier molecular flexibility index (Phi) is 4.82. The van der Waals surface area contributed by atoms with Gasteiger partial charge in [-0.15, -0.1) is 0 Å². The molecule has 0 bridgehead atoms. The molecule has 0 unspecified atom stereocenters. The van der Waals surface area contributed by atoms with Gasteiger partial charge >= 0.3 is 11.0 Å². The number of imide groups is 1. The number of aryl methyl sites for hydroxylation is 1. The van der Waals surface area contributed by atoms with Gasteiger partial charge in [0.2, 0.25) is 11.8 Å². The van der Waals surface area contributed by atoms with E-state index in [1.807, 2.05) is 25.1 Å². The van der Waals surface area contributed by atoms with E-state index in [1.54, 1.807) is 6.07 Å². The lowest BCUT2D eigenvalue weighted by Crippen LogP contribution is -2.33. The van der Waals surface area contributed by atoms with Crippen molar-refractivity contribution >= 4 is 40.6 Å². The highest BCUT2D eigenvalue weighted by Crippen LogP contribution is 2.54. The number of aromatic amines is 1. The summed E-state index contributed by atoms with van der Waals surface area (Å²) in [4.78, 5) is 42.7. The van der Waals surface area contributed by atoms with Crippen molar-refractivity contribution in [3.05, 3.63) is 79.8 Å². The summed E-state index contributed by atoms with van der Waals surface area (Å²) in [7, 11) is 0. The van der Waals surface area contributed by atoms with Crippen LogP contribution in [-0.4, -0.2) is 22.0 Å². The number of halogens is 3. The molecule has 2 amide bonds. The highest BCUT2D eigenvalue weighted by Gasteiger charge is 2.57. The van der Waals surface area contributed by atoms with Crippen LogP contribution < -0.4 is 9.77 Å². The second kappa shape index (κ2) is 7.35. The first-order valence-corrected chi connectivity index (χ1v) is 11.4. The first kappa shape index (κ1) is 21.0. The molecule has 0 spiro atoms. The monoisotopic (exact) mass is 476 g/mol. The number of aromatic nitrogens is 1. The number of fused-ring (bicyclic) bond motifs is 2. The Morgan fingerprint density at radius 1 is 0.969 bits per heavy atom. The van der Waals surface area contributed by atoms with Crippen LogP contribution >= 0.6 is 23.1 Å². The summed E-state index contributed by atoms with van der Waals surface area (Å²) in [6.45, 7) is 1.86. The lowest BCUT2D eigenvalue weighted by atomic mass is 9.81. The smallest absolute Gasteiger partial charge is 0.307 e. The van der Waals surface area contributed by atoms with E-state index in [1.165, 1.54) is 12.1 Å². The normalized spacial score (nSPS) is 22.8. The number of nitrogens with one attached hydrogen (secondary N) is 1. The summed E-state index contributed by atoms with van der Waals surface area (Å²) in [6.07, 6.45) is -4.72. The van der Waals surface area contributed by atoms with Crippen molar-refractivity contribution in [2.24, 2.45) is 5.92 Å². The number of nitrogens with zero attached hydrogens (tertiary/aromatic N) is 1. The van der Waals surface area contributed by atoms with Crippen LogP contribution in [0, 0.1) is 12.8 Å². The summed E-state index contributed by atoms with van der Waals surface area (Å²) >= 11 is 2.00. The number of anilines is 1. The number of alkyl halides is 3. The number of hydrogen-bond donors (Lipinski definition) is 1. The zero-order valence-electron chi connectivity index (χ0n) is 16.5. The number of hydrogen-bond acceptors (Lipinski definition) is 5. The maximum Gasteiger partial charge on any atom is 0.418 e. The molecule has 32 heavy (non-hydrogen) atoms. The molecule has 1 aromatic heterocycles. The molecule has 164 valence electrons. The second-order valence-electron chi connectivity index (χ2n) is 7.63. The fourth-order valence-corrected chi connectivity index (χ4v) is 6.94. The number of thioether (sulfide) groups is 1. The van der Waals surface area contributed by atoms with E-state index in [0.717, 1.165) is 46.4 Å². The number of carbonyl (C=O) groups is 2. The average Bonchev–Trinajstić information content (AvgIpc) is 3.23. The van der Waals surface area contributed by atoms with Crippen molar-refractivity contribution in [3.8, 4) is 0 Å². The molecule has 2 aromatic carbocycles. The van der Waals surface area contributed by atoms with Gasteiger partial charge in [0.15, 0.2) is 0 Å². The van der Waals surface area contributed by atoms with Crippen LogP contribution in [0.1, 0.15) is 27.5 Å². The van der Waals surface area contributed by atoms with Crippen LogP contribution in [0.15, 0.2) is 58.4 Å². The van der Waals surface area contributed by atoms with Crippen molar-refractivity contribution in [1.82, 2.24) is 4.98 Å². The standard InChI is InChI=1S/C22H15F3N2O3S2/c1-10-6-2-3-7-11(10)14-15-17(31-18-16(14)32-21(30)26-18)20(29)27(19(15)28)13-9-5-4-8-12(13)22(23,24)25/h2-9,14-15,17H,1H3,(H,26,30)/t14-,15-,17+/m0/s1. The molecule has 5 rings (SSSR count). The lowest BCUT2D eigenvalue weighted by Gasteiger charge is -2.30. The van der Waals surface area contributed by atoms with E-state index in [9.17, 15) is 27.6 Å². The quantitative estimate of drug-likeness (QED) is 0.551. The fraction of sp³-hybridized carbons (Fsp3) is 0.227. The van der Waals surface area contributed by atoms with E-state index in [4.69, 9.17) is 0 Å². The second-order valence-corrected chi connectivity index (χ2v) is 9.80. The molecule has 10 heteroatoms. The third-order valence-electron chi connectivity index (χ3n) is 5.80. The highest BCUT2D eigenvalue weighted by molar-refractivity contribution is 8.00. The van der Waals surface area contributed by atoms with Gasteiger partial charge in [0.25, 0.3) is 0 Å².